The zero-order valence-electron chi connectivity index (χ0n) is 19.2. The van der Waals surface area contributed by atoms with Crippen molar-refractivity contribution in [3.05, 3.63) is 71.8 Å². The molecule has 3 atom stereocenters. The highest BCUT2D eigenvalue weighted by atomic mass is 16.6. The van der Waals surface area contributed by atoms with Crippen molar-refractivity contribution in [1.82, 2.24) is 10.2 Å². The maximum absolute atomic E-state index is 13.0. The molecule has 0 radical (unpaired) electrons. The van der Waals surface area contributed by atoms with Gasteiger partial charge < -0.3 is 30.6 Å². The molecule has 0 saturated carbocycles. The van der Waals surface area contributed by atoms with Gasteiger partial charge in [-0.1, -0.05) is 60.7 Å². The third-order valence-corrected chi connectivity index (χ3v) is 4.85. The molecule has 0 saturated heterocycles. The first kappa shape index (κ1) is 26.4. The van der Waals surface area contributed by atoms with Crippen LogP contribution in [0.2, 0.25) is 0 Å². The summed E-state index contributed by atoms with van der Waals surface area (Å²) in [4.78, 5) is 27.2. The van der Waals surface area contributed by atoms with Crippen LogP contribution in [0.15, 0.2) is 60.7 Å². The standard InChI is InChI=1S/C24H34N4O5/c1-31-16-20(25)15-28(14-19-11-7-4-8-12-19)23(29)24(30)33-22(21(26)17-32-2)27-13-18-9-5-3-6-10-18/h3-12,20-22,27H,13-17,25-26H2,1-2H3. The molecular formula is C24H34N4O5. The van der Waals surface area contributed by atoms with Gasteiger partial charge in [-0.15, -0.1) is 0 Å². The quantitative estimate of drug-likeness (QED) is 0.226. The Morgan fingerprint density at radius 1 is 0.909 bits per heavy atom. The summed E-state index contributed by atoms with van der Waals surface area (Å²) in [5, 5.41) is 3.09. The Morgan fingerprint density at radius 3 is 2.06 bits per heavy atom. The number of rotatable bonds is 13. The molecule has 9 nitrogen and oxygen atoms in total. The number of carbonyl (C=O) groups is 2. The lowest BCUT2D eigenvalue weighted by atomic mass is 10.2. The van der Waals surface area contributed by atoms with Gasteiger partial charge in [0.2, 0.25) is 0 Å². The molecule has 3 unspecified atom stereocenters. The fraction of sp³-hybridized carbons (Fsp3) is 0.417. The van der Waals surface area contributed by atoms with Crippen LogP contribution in [0, 0.1) is 0 Å². The molecule has 0 aliphatic carbocycles. The lowest BCUT2D eigenvalue weighted by Crippen LogP contribution is -2.52. The summed E-state index contributed by atoms with van der Waals surface area (Å²) in [7, 11) is 3.03. The third-order valence-electron chi connectivity index (χ3n) is 4.85. The average molecular weight is 459 g/mol. The zero-order valence-corrected chi connectivity index (χ0v) is 19.2. The molecule has 0 aromatic heterocycles. The van der Waals surface area contributed by atoms with Crippen LogP contribution in [0.25, 0.3) is 0 Å². The number of amides is 1. The van der Waals surface area contributed by atoms with Gasteiger partial charge in [0.1, 0.15) is 0 Å². The topological polar surface area (TPSA) is 129 Å². The summed E-state index contributed by atoms with van der Waals surface area (Å²) in [6.07, 6.45) is -0.923. The van der Waals surface area contributed by atoms with Crippen molar-refractivity contribution in [2.45, 2.75) is 31.4 Å². The fourth-order valence-electron chi connectivity index (χ4n) is 3.24. The van der Waals surface area contributed by atoms with E-state index in [1.807, 2.05) is 60.7 Å². The first-order valence-corrected chi connectivity index (χ1v) is 10.7. The van der Waals surface area contributed by atoms with E-state index in [4.69, 9.17) is 25.7 Å². The lowest BCUT2D eigenvalue weighted by molar-refractivity contribution is -0.167. The molecule has 9 heteroatoms. The van der Waals surface area contributed by atoms with E-state index in [0.29, 0.717) is 6.54 Å². The van der Waals surface area contributed by atoms with E-state index in [0.717, 1.165) is 11.1 Å². The van der Waals surface area contributed by atoms with Crippen LogP contribution in [-0.2, 0) is 36.9 Å². The maximum Gasteiger partial charge on any atom is 0.398 e. The van der Waals surface area contributed by atoms with Gasteiger partial charge in [0.15, 0.2) is 6.23 Å². The van der Waals surface area contributed by atoms with Crippen molar-refractivity contribution in [2.75, 3.05) is 34.0 Å². The van der Waals surface area contributed by atoms with Gasteiger partial charge in [0, 0.05) is 39.9 Å². The Morgan fingerprint density at radius 2 is 1.48 bits per heavy atom. The van der Waals surface area contributed by atoms with E-state index in [1.165, 1.54) is 19.1 Å². The minimum Gasteiger partial charge on any atom is -0.438 e. The van der Waals surface area contributed by atoms with Crippen LogP contribution in [0.5, 0.6) is 0 Å². The molecule has 2 aromatic carbocycles. The zero-order chi connectivity index (χ0) is 24.1. The van der Waals surface area contributed by atoms with E-state index in [-0.39, 0.29) is 26.3 Å². The number of benzene rings is 2. The summed E-state index contributed by atoms with van der Waals surface area (Å²) in [6, 6.07) is 17.8. The molecule has 180 valence electrons. The van der Waals surface area contributed by atoms with E-state index in [1.54, 1.807) is 0 Å². The molecule has 0 spiro atoms. The van der Waals surface area contributed by atoms with Crippen LogP contribution in [0.3, 0.4) is 0 Å². The fourth-order valence-corrected chi connectivity index (χ4v) is 3.24. The number of hydrogen-bond acceptors (Lipinski definition) is 8. The van der Waals surface area contributed by atoms with Crippen molar-refractivity contribution < 1.29 is 23.8 Å². The normalized spacial score (nSPS) is 13.7. The molecule has 0 bridgehead atoms. The first-order valence-electron chi connectivity index (χ1n) is 10.7. The summed E-state index contributed by atoms with van der Waals surface area (Å²) < 4.78 is 15.7. The Labute approximate surface area is 195 Å². The molecule has 2 rings (SSSR count). The van der Waals surface area contributed by atoms with Gasteiger partial charge in [-0.25, -0.2) is 4.79 Å². The number of nitrogens with zero attached hydrogens (tertiary/aromatic N) is 1. The summed E-state index contributed by atoms with van der Waals surface area (Å²) in [6.45, 7) is 1.12. The molecule has 1 amide bonds. The maximum atomic E-state index is 13.0. The van der Waals surface area contributed by atoms with Gasteiger partial charge >= 0.3 is 11.9 Å². The van der Waals surface area contributed by atoms with Crippen LogP contribution in [-0.4, -0.2) is 69.1 Å². The molecule has 2 aromatic rings. The van der Waals surface area contributed by atoms with Crippen molar-refractivity contribution in [3.63, 3.8) is 0 Å². The number of nitrogens with two attached hydrogens (primary N) is 2. The second-order valence-electron chi connectivity index (χ2n) is 7.70. The minimum absolute atomic E-state index is 0.128. The Hall–Kier alpha value is -2.82. The van der Waals surface area contributed by atoms with Crippen molar-refractivity contribution in [3.8, 4) is 0 Å². The van der Waals surface area contributed by atoms with E-state index >= 15 is 0 Å². The van der Waals surface area contributed by atoms with Crippen LogP contribution < -0.4 is 16.8 Å². The highest BCUT2D eigenvalue weighted by Gasteiger charge is 2.30. The minimum atomic E-state index is -1.02. The molecule has 5 N–H and O–H groups in total. The van der Waals surface area contributed by atoms with Crippen LogP contribution in [0.1, 0.15) is 11.1 Å². The number of esters is 1. The van der Waals surface area contributed by atoms with Gasteiger partial charge in [-0.2, -0.15) is 0 Å². The smallest absolute Gasteiger partial charge is 0.398 e. The summed E-state index contributed by atoms with van der Waals surface area (Å²) in [5.74, 6) is -1.82. The predicted molar refractivity (Wildman–Crippen MR) is 125 cm³/mol. The van der Waals surface area contributed by atoms with Gasteiger partial charge in [-0.3, -0.25) is 10.1 Å². The summed E-state index contributed by atoms with van der Waals surface area (Å²) >= 11 is 0. The van der Waals surface area contributed by atoms with E-state index in [9.17, 15) is 9.59 Å². The molecular weight excluding hydrogens is 424 g/mol. The summed E-state index contributed by atoms with van der Waals surface area (Å²) in [5.41, 5.74) is 14.0. The molecule has 33 heavy (non-hydrogen) atoms. The van der Waals surface area contributed by atoms with Crippen molar-refractivity contribution in [1.29, 1.82) is 0 Å². The van der Waals surface area contributed by atoms with Gasteiger partial charge in [0.05, 0.1) is 19.3 Å². The third kappa shape index (κ3) is 9.29. The lowest BCUT2D eigenvalue weighted by Gasteiger charge is -2.28. The van der Waals surface area contributed by atoms with Crippen LogP contribution in [0.4, 0.5) is 0 Å². The van der Waals surface area contributed by atoms with Gasteiger partial charge in [-0.05, 0) is 11.1 Å². The predicted octanol–water partition coefficient (Wildman–Crippen LogP) is 0.622. The second-order valence-corrected chi connectivity index (χ2v) is 7.70. The van der Waals surface area contributed by atoms with Gasteiger partial charge in [0.25, 0.3) is 0 Å². The van der Waals surface area contributed by atoms with Crippen molar-refractivity contribution in [2.24, 2.45) is 11.5 Å². The second kappa shape index (κ2) is 14.4. The van der Waals surface area contributed by atoms with E-state index < -0.39 is 30.2 Å². The Balaban J connectivity index is 2.10. The largest absolute Gasteiger partial charge is 0.438 e. The highest BCUT2D eigenvalue weighted by Crippen LogP contribution is 2.08. The monoisotopic (exact) mass is 458 g/mol. The number of methoxy groups -OCH3 is 2. The van der Waals surface area contributed by atoms with Crippen molar-refractivity contribution >= 4 is 11.9 Å². The number of carbonyl (C=O) groups excluding carboxylic acids is 2. The molecule has 0 aliphatic heterocycles. The molecule has 0 heterocycles. The number of ether oxygens (including phenoxy) is 3. The highest BCUT2D eigenvalue weighted by molar-refractivity contribution is 6.32. The number of hydrogen-bond donors (Lipinski definition) is 3. The first-order chi connectivity index (χ1) is 15.9. The molecule has 0 aliphatic rings. The SMILES string of the molecule is COCC(N)CN(Cc1ccccc1)C(=O)C(=O)OC(NCc1ccccc1)C(N)COC. The van der Waals surface area contributed by atoms with E-state index in [2.05, 4.69) is 5.32 Å². The Bertz CT molecular complexity index is 837. The molecule has 0 fully saturated rings. The van der Waals surface area contributed by atoms with Crippen LogP contribution >= 0.6 is 0 Å². The number of nitrogens with one attached hydrogen (secondary N) is 1. The Kier molecular flexibility index (Phi) is 11.5. The average Bonchev–Trinajstić information content (AvgIpc) is 2.82.